The van der Waals surface area contributed by atoms with E-state index in [1.807, 2.05) is 42.5 Å². The van der Waals surface area contributed by atoms with Gasteiger partial charge in [0.05, 0.1) is 6.54 Å². The second-order valence-electron chi connectivity index (χ2n) is 5.32. The van der Waals surface area contributed by atoms with Gasteiger partial charge in [0, 0.05) is 13.5 Å². The number of benzene rings is 2. The summed E-state index contributed by atoms with van der Waals surface area (Å²) in [6, 6.07) is 14.0. The van der Waals surface area contributed by atoms with Crippen LogP contribution in [0.5, 0.6) is 0 Å². The van der Waals surface area contributed by atoms with Gasteiger partial charge in [0.15, 0.2) is 0 Å². The second-order valence-corrected chi connectivity index (χ2v) is 5.32. The van der Waals surface area contributed by atoms with Crippen molar-refractivity contribution in [3.05, 3.63) is 71.0 Å². The summed E-state index contributed by atoms with van der Waals surface area (Å²) in [4.78, 5) is 22.2. The lowest BCUT2D eigenvalue weighted by Gasteiger charge is -2.06. The predicted molar refractivity (Wildman–Crippen MR) is 92.3 cm³/mol. The molecule has 24 heavy (non-hydrogen) atoms. The third-order valence-corrected chi connectivity index (χ3v) is 3.28. The molecule has 0 aromatic heterocycles. The van der Waals surface area contributed by atoms with Crippen LogP contribution in [0.3, 0.4) is 0 Å². The quantitative estimate of drug-likeness (QED) is 0.802. The van der Waals surface area contributed by atoms with Crippen molar-refractivity contribution >= 4 is 24.0 Å². The highest BCUT2D eigenvalue weighted by molar-refractivity contribution is 5.83. The smallest absolute Gasteiger partial charge is 0.239 e. The summed E-state index contributed by atoms with van der Waals surface area (Å²) < 4.78 is 13.1. The third-order valence-electron chi connectivity index (χ3n) is 3.28. The lowest BCUT2D eigenvalue weighted by Crippen LogP contribution is -2.35. The molecule has 2 aromatic carbocycles. The van der Waals surface area contributed by atoms with E-state index < -0.39 is 0 Å². The van der Waals surface area contributed by atoms with Gasteiger partial charge in [0.2, 0.25) is 11.8 Å². The zero-order valence-electron chi connectivity index (χ0n) is 13.4. The molecule has 2 N–H and O–H groups in total. The largest absolute Gasteiger partial charge is 0.350 e. The highest BCUT2D eigenvalue weighted by Gasteiger charge is 2.01. The van der Waals surface area contributed by atoms with Crippen LogP contribution in [0, 0.1) is 5.82 Å². The fourth-order valence-electron chi connectivity index (χ4n) is 2.02. The Kier molecular flexibility index (Phi) is 6.25. The van der Waals surface area contributed by atoms with Crippen LogP contribution in [-0.4, -0.2) is 18.4 Å². The van der Waals surface area contributed by atoms with E-state index in [4.69, 9.17) is 0 Å². The summed E-state index contributed by atoms with van der Waals surface area (Å²) in [7, 11) is 0. The minimum Gasteiger partial charge on any atom is -0.350 e. The van der Waals surface area contributed by atoms with Crippen LogP contribution in [0.15, 0.2) is 48.5 Å². The predicted octanol–water partition coefficient (Wildman–Crippen LogP) is 2.75. The van der Waals surface area contributed by atoms with E-state index in [0.717, 1.165) is 16.7 Å². The van der Waals surface area contributed by atoms with Gasteiger partial charge in [-0.2, -0.15) is 0 Å². The van der Waals surface area contributed by atoms with Crippen molar-refractivity contribution in [1.82, 2.24) is 10.6 Å². The van der Waals surface area contributed by atoms with Crippen LogP contribution >= 0.6 is 0 Å². The Bertz CT molecular complexity index is 739. The van der Waals surface area contributed by atoms with Crippen molar-refractivity contribution in [3.63, 3.8) is 0 Å². The second kappa shape index (κ2) is 8.62. The van der Waals surface area contributed by atoms with Crippen LogP contribution in [0.2, 0.25) is 0 Å². The number of nitrogens with one attached hydrogen (secondary N) is 2. The summed E-state index contributed by atoms with van der Waals surface area (Å²) in [5.74, 6) is -0.734. The van der Waals surface area contributed by atoms with Crippen LogP contribution in [-0.2, 0) is 16.1 Å². The summed E-state index contributed by atoms with van der Waals surface area (Å²) in [5.41, 5.74) is 2.73. The number of amides is 2. The molecule has 0 atom stereocenters. The first-order valence-electron chi connectivity index (χ1n) is 7.56. The minimum atomic E-state index is -0.262. The van der Waals surface area contributed by atoms with Gasteiger partial charge in [-0.3, -0.25) is 9.59 Å². The van der Waals surface area contributed by atoms with Crippen molar-refractivity contribution in [2.75, 3.05) is 6.54 Å². The Balaban J connectivity index is 1.86. The monoisotopic (exact) mass is 326 g/mol. The number of hydrogen-bond acceptors (Lipinski definition) is 2. The fraction of sp³-hybridized carbons (Fsp3) is 0.158. The van der Waals surface area contributed by atoms with E-state index in [-0.39, 0.29) is 24.2 Å². The summed E-state index contributed by atoms with van der Waals surface area (Å²) in [5, 5.41) is 5.16. The fourth-order valence-corrected chi connectivity index (χ4v) is 2.02. The Labute approximate surface area is 140 Å². The van der Waals surface area contributed by atoms with Gasteiger partial charge in [0.25, 0.3) is 0 Å². The van der Waals surface area contributed by atoms with Crippen LogP contribution in [0.25, 0.3) is 12.2 Å². The molecule has 0 bridgehead atoms. The Morgan fingerprint density at radius 1 is 1.00 bits per heavy atom. The van der Waals surface area contributed by atoms with Crippen molar-refractivity contribution in [2.45, 2.75) is 13.5 Å². The molecule has 0 radical (unpaired) electrons. The number of hydrogen-bond donors (Lipinski definition) is 2. The third kappa shape index (κ3) is 6.04. The first-order chi connectivity index (χ1) is 11.5. The molecule has 0 heterocycles. The molecular formula is C19H19FN2O2. The molecule has 0 fully saturated rings. The Morgan fingerprint density at radius 2 is 1.71 bits per heavy atom. The van der Waals surface area contributed by atoms with Crippen LogP contribution in [0.4, 0.5) is 4.39 Å². The molecule has 2 rings (SSSR count). The average Bonchev–Trinajstić information content (AvgIpc) is 2.57. The van der Waals surface area contributed by atoms with E-state index in [9.17, 15) is 14.0 Å². The maximum Gasteiger partial charge on any atom is 0.239 e. The SMILES string of the molecule is CC(=O)NCC(=O)NCc1ccc(/C=C/c2cccc(F)c2)cc1. The lowest BCUT2D eigenvalue weighted by molar-refractivity contribution is -0.125. The van der Waals surface area contributed by atoms with Crippen molar-refractivity contribution < 1.29 is 14.0 Å². The zero-order valence-corrected chi connectivity index (χ0v) is 13.4. The molecule has 0 spiro atoms. The zero-order chi connectivity index (χ0) is 17.4. The minimum absolute atomic E-state index is 0.0240. The van der Waals surface area contributed by atoms with Crippen molar-refractivity contribution in [1.29, 1.82) is 0 Å². The summed E-state index contributed by atoms with van der Waals surface area (Å²) >= 11 is 0. The molecule has 0 aliphatic heterocycles. The molecule has 5 heteroatoms. The van der Waals surface area contributed by atoms with Crippen molar-refractivity contribution in [3.8, 4) is 0 Å². The van der Waals surface area contributed by atoms with Gasteiger partial charge in [0.1, 0.15) is 5.82 Å². The number of carbonyl (C=O) groups excluding carboxylic acids is 2. The van der Waals surface area contributed by atoms with Gasteiger partial charge in [-0.25, -0.2) is 4.39 Å². The first kappa shape index (κ1) is 17.4. The number of rotatable bonds is 6. The molecule has 0 saturated heterocycles. The maximum absolute atomic E-state index is 13.1. The number of halogens is 1. The van der Waals surface area contributed by atoms with Gasteiger partial charge in [-0.15, -0.1) is 0 Å². The highest BCUT2D eigenvalue weighted by atomic mass is 19.1. The molecule has 4 nitrogen and oxygen atoms in total. The van der Waals surface area contributed by atoms with E-state index in [1.165, 1.54) is 19.1 Å². The standard InChI is InChI=1S/C19H19FN2O2/c1-14(23)21-13-19(24)22-12-17-9-6-15(7-10-17)5-8-16-3-2-4-18(20)11-16/h2-11H,12-13H2,1H3,(H,21,23)(H,22,24)/b8-5+. The van der Waals surface area contributed by atoms with Gasteiger partial charge < -0.3 is 10.6 Å². The molecule has 2 amide bonds. The molecule has 0 saturated carbocycles. The van der Waals surface area contributed by atoms with Gasteiger partial charge in [-0.05, 0) is 28.8 Å². The van der Waals surface area contributed by atoms with E-state index in [0.29, 0.717) is 6.54 Å². The molecule has 0 aliphatic rings. The summed E-state index contributed by atoms with van der Waals surface area (Å²) in [6.45, 7) is 1.74. The molecule has 2 aromatic rings. The van der Waals surface area contributed by atoms with Gasteiger partial charge >= 0.3 is 0 Å². The number of carbonyl (C=O) groups is 2. The molecular weight excluding hydrogens is 307 g/mol. The van der Waals surface area contributed by atoms with Crippen LogP contribution in [0.1, 0.15) is 23.6 Å². The van der Waals surface area contributed by atoms with E-state index in [1.54, 1.807) is 6.07 Å². The lowest BCUT2D eigenvalue weighted by atomic mass is 10.1. The van der Waals surface area contributed by atoms with E-state index in [2.05, 4.69) is 10.6 Å². The molecule has 0 unspecified atom stereocenters. The first-order valence-corrected chi connectivity index (χ1v) is 7.56. The molecule has 0 aliphatic carbocycles. The average molecular weight is 326 g/mol. The van der Waals surface area contributed by atoms with E-state index >= 15 is 0 Å². The molecule has 124 valence electrons. The topological polar surface area (TPSA) is 58.2 Å². The highest BCUT2D eigenvalue weighted by Crippen LogP contribution is 2.11. The van der Waals surface area contributed by atoms with Crippen molar-refractivity contribution in [2.24, 2.45) is 0 Å². The van der Waals surface area contributed by atoms with Crippen LogP contribution < -0.4 is 10.6 Å². The normalized spacial score (nSPS) is 10.6. The van der Waals surface area contributed by atoms with Gasteiger partial charge in [-0.1, -0.05) is 48.6 Å². The Morgan fingerprint density at radius 3 is 2.38 bits per heavy atom. The summed E-state index contributed by atoms with van der Waals surface area (Å²) in [6.07, 6.45) is 3.74. The Hall–Kier alpha value is -2.95. The maximum atomic E-state index is 13.1.